The molecule has 0 saturated heterocycles. The maximum absolute atomic E-state index is 9.25. The molecule has 13 heavy (non-hydrogen) atoms. The zero-order valence-corrected chi connectivity index (χ0v) is 7.33. The van der Waals surface area contributed by atoms with Gasteiger partial charge < -0.3 is 30.6 Å². The van der Waals surface area contributed by atoms with E-state index in [0.717, 1.165) is 6.92 Å². The van der Waals surface area contributed by atoms with Crippen LogP contribution in [0.25, 0.3) is 0 Å². The second-order valence-electron chi connectivity index (χ2n) is 3.20. The van der Waals surface area contributed by atoms with Crippen molar-refractivity contribution in [2.24, 2.45) is 0 Å². The van der Waals surface area contributed by atoms with Crippen molar-refractivity contribution < 1.29 is 30.6 Å². The fraction of sp³-hybridized carbons (Fsp3) is 1.00. The van der Waals surface area contributed by atoms with Crippen LogP contribution in [0.3, 0.4) is 0 Å². The lowest BCUT2D eigenvalue weighted by atomic mass is 9.93. The first-order chi connectivity index (χ1) is 5.86. The number of hydrogen-bond donors (Lipinski definition) is 6. The molecule has 4 atom stereocenters. The van der Waals surface area contributed by atoms with Crippen molar-refractivity contribution in [1.82, 2.24) is 0 Å². The zero-order chi connectivity index (χ0) is 10.6. The lowest BCUT2D eigenvalue weighted by molar-refractivity contribution is -0.164. The normalized spacial score (nSPS) is 23.3. The van der Waals surface area contributed by atoms with E-state index in [0.29, 0.717) is 0 Å². The molecule has 0 aromatic heterocycles. The van der Waals surface area contributed by atoms with Gasteiger partial charge in [-0.3, -0.25) is 0 Å². The molecule has 0 aromatic rings. The predicted octanol–water partition coefficient (Wildman–Crippen LogP) is -3.20. The molecule has 0 aliphatic carbocycles. The molecule has 0 fully saturated rings. The minimum Gasteiger partial charge on any atom is -0.394 e. The van der Waals surface area contributed by atoms with Crippen LogP contribution in [0.2, 0.25) is 0 Å². The Morgan fingerprint density at radius 1 is 1.15 bits per heavy atom. The van der Waals surface area contributed by atoms with Gasteiger partial charge in [0.2, 0.25) is 0 Å². The summed E-state index contributed by atoms with van der Waals surface area (Å²) in [6.45, 7) is -0.395. The van der Waals surface area contributed by atoms with Crippen LogP contribution in [0.4, 0.5) is 0 Å². The van der Waals surface area contributed by atoms with E-state index in [1.54, 1.807) is 0 Å². The Bertz CT molecular complexity index is 148. The number of aliphatic hydroxyl groups is 6. The molecule has 6 heteroatoms. The van der Waals surface area contributed by atoms with Crippen molar-refractivity contribution in [3.63, 3.8) is 0 Å². The average molecular weight is 196 g/mol. The maximum atomic E-state index is 9.25. The number of aliphatic hydroxyl groups excluding tert-OH is 5. The maximum Gasteiger partial charge on any atom is 0.113 e. The molecule has 0 saturated carbocycles. The number of rotatable bonds is 5. The van der Waals surface area contributed by atoms with Crippen LogP contribution in [0.5, 0.6) is 0 Å². The molecule has 0 rings (SSSR count). The highest BCUT2D eigenvalue weighted by Gasteiger charge is 2.38. The fourth-order valence-corrected chi connectivity index (χ4v) is 0.780. The van der Waals surface area contributed by atoms with Crippen molar-refractivity contribution in [1.29, 1.82) is 0 Å². The second kappa shape index (κ2) is 4.85. The molecule has 0 aliphatic rings. The lowest BCUT2D eigenvalue weighted by Crippen LogP contribution is -2.54. The van der Waals surface area contributed by atoms with E-state index in [9.17, 15) is 10.2 Å². The zero-order valence-electron chi connectivity index (χ0n) is 7.33. The van der Waals surface area contributed by atoms with E-state index in [2.05, 4.69) is 0 Å². The van der Waals surface area contributed by atoms with Crippen molar-refractivity contribution >= 4 is 0 Å². The molecule has 0 spiro atoms. The van der Waals surface area contributed by atoms with Gasteiger partial charge in [0.1, 0.15) is 23.9 Å². The summed E-state index contributed by atoms with van der Waals surface area (Å²) < 4.78 is 0. The van der Waals surface area contributed by atoms with Crippen LogP contribution in [-0.4, -0.2) is 67.8 Å². The van der Waals surface area contributed by atoms with Gasteiger partial charge in [0, 0.05) is 0 Å². The summed E-state index contributed by atoms with van der Waals surface area (Å²) in [6.07, 6.45) is -4.97. The van der Waals surface area contributed by atoms with Gasteiger partial charge in [0.05, 0.1) is 13.2 Å². The van der Waals surface area contributed by atoms with E-state index in [4.69, 9.17) is 20.4 Å². The standard InChI is InChI=1S/C7H16O6/c1-7(13,3-9)6(12)5(11)4(10)2-8/h4-6,8-13H,2-3H2,1H3/t4-,5+,6-,7+/m0/s1. The smallest absolute Gasteiger partial charge is 0.113 e. The van der Waals surface area contributed by atoms with Gasteiger partial charge in [0.25, 0.3) is 0 Å². The van der Waals surface area contributed by atoms with Gasteiger partial charge in [-0.25, -0.2) is 0 Å². The quantitative estimate of drug-likeness (QED) is 0.275. The Balaban J connectivity index is 4.32. The Morgan fingerprint density at radius 2 is 1.62 bits per heavy atom. The monoisotopic (exact) mass is 196 g/mol. The van der Waals surface area contributed by atoms with Crippen LogP contribution in [-0.2, 0) is 0 Å². The van der Waals surface area contributed by atoms with Crippen LogP contribution in [0.15, 0.2) is 0 Å². The van der Waals surface area contributed by atoms with Gasteiger partial charge in [-0.2, -0.15) is 0 Å². The lowest BCUT2D eigenvalue weighted by Gasteiger charge is -2.32. The topological polar surface area (TPSA) is 121 Å². The summed E-state index contributed by atoms with van der Waals surface area (Å²) in [5.41, 5.74) is -1.91. The summed E-state index contributed by atoms with van der Waals surface area (Å²) in [5.74, 6) is 0. The highest BCUT2D eigenvalue weighted by molar-refractivity contribution is 4.89. The van der Waals surface area contributed by atoms with Gasteiger partial charge >= 0.3 is 0 Å². The average Bonchev–Trinajstić information content (AvgIpc) is 2.14. The first-order valence-corrected chi connectivity index (χ1v) is 3.85. The van der Waals surface area contributed by atoms with Gasteiger partial charge in [-0.05, 0) is 6.92 Å². The predicted molar refractivity (Wildman–Crippen MR) is 42.8 cm³/mol. The van der Waals surface area contributed by atoms with Crippen molar-refractivity contribution in [2.75, 3.05) is 13.2 Å². The molecule has 80 valence electrons. The molecule has 6 nitrogen and oxygen atoms in total. The Hall–Kier alpha value is -0.240. The van der Waals surface area contributed by atoms with Gasteiger partial charge in [0.15, 0.2) is 0 Å². The van der Waals surface area contributed by atoms with Crippen LogP contribution >= 0.6 is 0 Å². The molecular weight excluding hydrogens is 180 g/mol. The Morgan fingerprint density at radius 3 is 1.92 bits per heavy atom. The summed E-state index contributed by atoms with van der Waals surface area (Å²) in [5, 5.41) is 53.5. The molecule has 0 unspecified atom stereocenters. The molecule has 0 amide bonds. The SMILES string of the molecule is C[C@@](O)(CO)[C@@H](O)[C@H](O)[C@@H](O)CO. The third-order valence-corrected chi connectivity index (χ3v) is 1.86. The minimum atomic E-state index is -1.91. The molecule has 0 radical (unpaired) electrons. The second-order valence-corrected chi connectivity index (χ2v) is 3.20. The fourth-order valence-electron chi connectivity index (χ4n) is 0.780. The summed E-state index contributed by atoms with van der Waals surface area (Å²) in [6, 6.07) is 0. The van der Waals surface area contributed by atoms with E-state index < -0.39 is 37.1 Å². The highest BCUT2D eigenvalue weighted by Crippen LogP contribution is 2.14. The van der Waals surface area contributed by atoms with E-state index in [1.165, 1.54) is 0 Å². The largest absolute Gasteiger partial charge is 0.394 e. The molecule has 0 aliphatic heterocycles. The molecular formula is C7H16O6. The van der Waals surface area contributed by atoms with Crippen molar-refractivity contribution in [3.8, 4) is 0 Å². The van der Waals surface area contributed by atoms with E-state index in [-0.39, 0.29) is 0 Å². The highest BCUT2D eigenvalue weighted by atomic mass is 16.4. The van der Waals surface area contributed by atoms with Crippen molar-refractivity contribution in [2.45, 2.75) is 30.8 Å². The molecule has 6 N–H and O–H groups in total. The third kappa shape index (κ3) is 3.18. The van der Waals surface area contributed by atoms with E-state index >= 15 is 0 Å². The Kier molecular flexibility index (Phi) is 4.76. The van der Waals surface area contributed by atoms with Crippen molar-refractivity contribution in [3.05, 3.63) is 0 Å². The van der Waals surface area contributed by atoms with Crippen LogP contribution in [0, 0.1) is 0 Å². The minimum absolute atomic E-state index is 0.736. The van der Waals surface area contributed by atoms with Gasteiger partial charge in [-0.1, -0.05) is 0 Å². The van der Waals surface area contributed by atoms with E-state index in [1.807, 2.05) is 0 Å². The first kappa shape index (κ1) is 12.8. The summed E-state index contributed by atoms with van der Waals surface area (Å²) in [7, 11) is 0. The van der Waals surface area contributed by atoms with Gasteiger partial charge in [-0.15, -0.1) is 0 Å². The third-order valence-electron chi connectivity index (χ3n) is 1.86. The summed E-state index contributed by atoms with van der Waals surface area (Å²) in [4.78, 5) is 0. The van der Waals surface area contributed by atoms with Crippen LogP contribution < -0.4 is 0 Å². The van der Waals surface area contributed by atoms with Crippen LogP contribution in [0.1, 0.15) is 6.92 Å². The molecule has 0 bridgehead atoms. The molecule has 0 aromatic carbocycles. The number of hydrogen-bond acceptors (Lipinski definition) is 6. The first-order valence-electron chi connectivity index (χ1n) is 3.85. The molecule has 0 heterocycles. The summed E-state index contributed by atoms with van der Waals surface area (Å²) >= 11 is 0. The Labute approximate surface area is 75.7 Å².